The van der Waals surface area contributed by atoms with Gasteiger partial charge in [-0.05, 0) is 62.4 Å². The molecule has 0 heterocycles. The van der Waals surface area contributed by atoms with Gasteiger partial charge in [0.15, 0.2) is 4.90 Å². The molecule has 0 aliphatic carbocycles. The van der Waals surface area contributed by atoms with Gasteiger partial charge in [-0.1, -0.05) is 42.1 Å². The van der Waals surface area contributed by atoms with Crippen LogP contribution in [0.25, 0.3) is 0 Å². The normalized spacial score (nSPS) is 11.8. The third kappa shape index (κ3) is 5.26. The summed E-state index contributed by atoms with van der Waals surface area (Å²) >= 11 is 1.75. The van der Waals surface area contributed by atoms with Gasteiger partial charge in [0.25, 0.3) is 0 Å². The van der Waals surface area contributed by atoms with E-state index in [1.807, 2.05) is 19.9 Å². The molecule has 0 spiro atoms. The monoisotopic (exact) mass is 425 g/mol. The van der Waals surface area contributed by atoms with Crippen LogP contribution in [0, 0.1) is 0 Å². The van der Waals surface area contributed by atoms with Crippen LogP contribution in [0.1, 0.15) is 25.0 Å². The van der Waals surface area contributed by atoms with Gasteiger partial charge >= 0.3 is 0 Å². The number of benzene rings is 3. The van der Waals surface area contributed by atoms with Gasteiger partial charge in [-0.15, -0.1) is 0 Å². The van der Waals surface area contributed by atoms with Crippen LogP contribution < -0.4 is 0 Å². The highest BCUT2D eigenvalue weighted by Crippen LogP contribution is 2.37. The van der Waals surface area contributed by atoms with E-state index in [9.17, 15) is 0 Å². The molecule has 0 aliphatic heterocycles. The van der Waals surface area contributed by atoms with E-state index in [1.54, 1.807) is 11.8 Å². The summed E-state index contributed by atoms with van der Waals surface area (Å²) in [5.41, 5.74) is 2.04. The number of hydrogen-bond acceptors (Lipinski definition) is 3. The Morgan fingerprint density at radius 1 is 0.690 bits per heavy atom. The topological polar surface area (TPSA) is 18.5 Å². The minimum Gasteiger partial charge on any atom is -0.342 e. The minimum absolute atomic E-state index is 0.227. The predicted octanol–water partition coefficient (Wildman–Crippen LogP) is 6.35. The average molecular weight is 426 g/mol. The van der Waals surface area contributed by atoms with Crippen molar-refractivity contribution < 1.29 is 9.47 Å². The smallest absolute Gasteiger partial charge is 0.222 e. The Morgan fingerprint density at radius 2 is 1.17 bits per heavy atom. The second-order valence-electron chi connectivity index (χ2n) is 6.76. The Kier molecular flexibility index (Phi) is 7.84. The number of hydrogen-bond donors (Lipinski definition) is 0. The van der Waals surface area contributed by atoms with Gasteiger partial charge < -0.3 is 9.47 Å². The first-order valence-corrected chi connectivity index (χ1v) is 12.7. The maximum absolute atomic E-state index is 6.27. The lowest BCUT2D eigenvalue weighted by molar-refractivity contribution is -0.213. The molecule has 3 aromatic carbocycles. The third-order valence-corrected chi connectivity index (χ3v) is 6.84. The summed E-state index contributed by atoms with van der Waals surface area (Å²) < 4.78 is 12.5. The van der Waals surface area contributed by atoms with Gasteiger partial charge in [-0.3, -0.25) is 0 Å². The Hall–Kier alpha value is -1.72. The van der Waals surface area contributed by atoms with E-state index in [2.05, 4.69) is 85.3 Å². The quantitative estimate of drug-likeness (QED) is 0.294. The van der Waals surface area contributed by atoms with Crippen LogP contribution in [0.3, 0.4) is 0 Å². The summed E-state index contributed by atoms with van der Waals surface area (Å²) in [7, 11) is 0.227. The molecule has 152 valence electrons. The van der Waals surface area contributed by atoms with E-state index < -0.39 is 5.79 Å². The second-order valence-corrected chi connectivity index (χ2v) is 10.0. The van der Waals surface area contributed by atoms with Crippen LogP contribution in [0.2, 0.25) is 0 Å². The minimum atomic E-state index is -0.891. The lowest BCUT2D eigenvalue weighted by atomic mass is 9.97. The summed E-state index contributed by atoms with van der Waals surface area (Å²) in [4.78, 5) is 3.76. The fourth-order valence-corrected chi connectivity index (χ4v) is 4.78. The Balaban J connectivity index is 1.95. The first-order valence-electron chi connectivity index (χ1n) is 9.88. The summed E-state index contributed by atoms with van der Waals surface area (Å²) in [5.74, 6) is -0.891. The van der Waals surface area contributed by atoms with Crippen LogP contribution in [0.15, 0.2) is 93.5 Å². The third-order valence-electron chi connectivity index (χ3n) is 4.61. The molecule has 0 bridgehead atoms. The van der Waals surface area contributed by atoms with Crippen molar-refractivity contribution in [2.45, 2.75) is 34.3 Å². The fraction of sp³-hybridized carbons (Fsp3) is 0.280. The van der Waals surface area contributed by atoms with Crippen LogP contribution in [0.5, 0.6) is 0 Å². The maximum atomic E-state index is 6.27. The van der Waals surface area contributed by atoms with Gasteiger partial charge in [0.1, 0.15) is 12.5 Å². The first kappa shape index (κ1) is 22.0. The standard InChI is InChI=1S/C25H29O2S2/c1-5-26-25(27-6-2,21-14-18-24(19-15-21)29(3)4)20-12-16-23(17-13-20)28-22-10-8-7-9-11-22/h7-19H,5-6H2,1-4H3/q+1. The van der Waals surface area contributed by atoms with Crippen molar-refractivity contribution in [2.24, 2.45) is 0 Å². The Morgan fingerprint density at radius 3 is 1.66 bits per heavy atom. The zero-order chi connectivity index (χ0) is 20.7. The van der Waals surface area contributed by atoms with Crippen LogP contribution in [-0.2, 0) is 26.2 Å². The molecule has 0 saturated carbocycles. The van der Waals surface area contributed by atoms with Gasteiger partial charge in [0.05, 0.1) is 0 Å². The van der Waals surface area contributed by atoms with Crippen LogP contribution in [0.4, 0.5) is 0 Å². The molecule has 0 radical (unpaired) electrons. The van der Waals surface area contributed by atoms with Crippen molar-refractivity contribution in [3.63, 3.8) is 0 Å². The molecule has 0 N–H and O–H groups in total. The first-order chi connectivity index (χ1) is 14.1. The number of rotatable bonds is 9. The highest BCUT2D eigenvalue weighted by molar-refractivity contribution is 7.99. The maximum Gasteiger partial charge on any atom is 0.222 e. The molecule has 4 heteroatoms. The van der Waals surface area contributed by atoms with E-state index in [4.69, 9.17) is 9.47 Å². The van der Waals surface area contributed by atoms with E-state index in [0.29, 0.717) is 13.2 Å². The average Bonchev–Trinajstić information content (AvgIpc) is 2.75. The van der Waals surface area contributed by atoms with Gasteiger partial charge in [-0.25, -0.2) is 0 Å². The fourth-order valence-electron chi connectivity index (χ4n) is 3.26. The molecule has 0 aliphatic rings. The lowest BCUT2D eigenvalue weighted by Crippen LogP contribution is -2.34. The Bertz CT molecular complexity index is 869. The van der Waals surface area contributed by atoms with Gasteiger partial charge in [-0.2, -0.15) is 0 Å². The highest BCUT2D eigenvalue weighted by Gasteiger charge is 2.36. The SMILES string of the molecule is CCOC(OCC)(c1ccc(Sc2ccccc2)cc1)c1ccc([S+](C)C)cc1. The highest BCUT2D eigenvalue weighted by atomic mass is 32.2. The van der Waals surface area contributed by atoms with Crippen molar-refractivity contribution in [3.8, 4) is 0 Å². The van der Waals surface area contributed by atoms with E-state index in [-0.39, 0.29) is 10.9 Å². The van der Waals surface area contributed by atoms with E-state index in [0.717, 1.165) is 11.1 Å². The van der Waals surface area contributed by atoms with Gasteiger partial charge in [0, 0.05) is 45.0 Å². The van der Waals surface area contributed by atoms with Gasteiger partial charge in [0.2, 0.25) is 5.79 Å². The summed E-state index contributed by atoms with van der Waals surface area (Å²) in [6, 6.07) is 27.6. The van der Waals surface area contributed by atoms with Crippen LogP contribution in [-0.4, -0.2) is 25.7 Å². The molecule has 3 rings (SSSR count). The zero-order valence-corrected chi connectivity index (χ0v) is 19.2. The summed E-state index contributed by atoms with van der Waals surface area (Å²) in [6.45, 7) is 5.15. The Labute approximate surface area is 182 Å². The molecule has 0 amide bonds. The van der Waals surface area contributed by atoms with Crippen LogP contribution >= 0.6 is 11.8 Å². The van der Waals surface area contributed by atoms with E-state index in [1.165, 1.54) is 14.7 Å². The number of ether oxygens (including phenoxy) is 2. The largest absolute Gasteiger partial charge is 0.342 e. The predicted molar refractivity (Wildman–Crippen MR) is 125 cm³/mol. The second kappa shape index (κ2) is 10.4. The molecule has 29 heavy (non-hydrogen) atoms. The molecule has 0 saturated heterocycles. The van der Waals surface area contributed by atoms with Crippen molar-refractivity contribution in [1.82, 2.24) is 0 Å². The molecule has 2 nitrogen and oxygen atoms in total. The molecule has 0 unspecified atom stereocenters. The van der Waals surface area contributed by atoms with Crippen molar-refractivity contribution in [2.75, 3.05) is 25.7 Å². The van der Waals surface area contributed by atoms with Crippen molar-refractivity contribution in [1.29, 1.82) is 0 Å². The molecular formula is C25H29O2S2+. The van der Waals surface area contributed by atoms with Crippen molar-refractivity contribution in [3.05, 3.63) is 90.0 Å². The lowest BCUT2D eigenvalue weighted by Gasteiger charge is -2.34. The zero-order valence-electron chi connectivity index (χ0n) is 17.6. The van der Waals surface area contributed by atoms with E-state index >= 15 is 0 Å². The summed E-state index contributed by atoms with van der Waals surface area (Å²) in [5, 5.41) is 0. The molecule has 0 fully saturated rings. The summed E-state index contributed by atoms with van der Waals surface area (Å²) in [6.07, 6.45) is 4.47. The molecule has 0 aromatic heterocycles. The van der Waals surface area contributed by atoms with Crippen molar-refractivity contribution >= 4 is 22.7 Å². The molecule has 0 atom stereocenters. The molecular weight excluding hydrogens is 396 g/mol. The molecule has 3 aromatic rings.